The molecule has 2 rings (SSSR count). The van der Waals surface area contributed by atoms with E-state index >= 15 is 0 Å². The average Bonchev–Trinajstić information content (AvgIpc) is 2.47. The van der Waals surface area contributed by atoms with Crippen molar-refractivity contribution in [3.63, 3.8) is 0 Å². The molecule has 0 aromatic heterocycles. The first-order chi connectivity index (χ1) is 10.0. The lowest BCUT2D eigenvalue weighted by molar-refractivity contribution is 0.318. The van der Waals surface area contributed by atoms with Crippen LogP contribution in [0, 0.1) is 5.82 Å². The standard InChI is InChI=1S/C14H12Cl2FN3O/c15-10-2-1-3-11(16)13(10)19-7-9-5-4-8(6-12(9)17)14(18)20-21/h1-6,19,21H,7H2,(H2,18,20). The summed E-state index contributed by atoms with van der Waals surface area (Å²) in [5.41, 5.74) is 6.65. The number of amidine groups is 1. The first kappa shape index (κ1) is 15.4. The topological polar surface area (TPSA) is 70.6 Å². The highest BCUT2D eigenvalue weighted by atomic mass is 35.5. The predicted octanol–water partition coefficient (Wildman–Crippen LogP) is 3.84. The lowest BCUT2D eigenvalue weighted by Crippen LogP contribution is -2.14. The molecule has 21 heavy (non-hydrogen) atoms. The third-order valence-corrected chi connectivity index (χ3v) is 3.50. The van der Waals surface area contributed by atoms with E-state index < -0.39 is 5.82 Å². The summed E-state index contributed by atoms with van der Waals surface area (Å²) in [5, 5.41) is 15.3. The predicted molar refractivity (Wildman–Crippen MR) is 82.7 cm³/mol. The van der Waals surface area contributed by atoms with Crippen molar-refractivity contribution in [3.05, 3.63) is 63.4 Å². The normalized spacial score (nSPS) is 11.5. The Morgan fingerprint density at radius 3 is 2.48 bits per heavy atom. The van der Waals surface area contributed by atoms with Gasteiger partial charge in [-0.1, -0.05) is 46.6 Å². The molecule has 0 heterocycles. The van der Waals surface area contributed by atoms with Crippen molar-refractivity contribution < 1.29 is 9.60 Å². The quantitative estimate of drug-likeness (QED) is 0.346. The van der Waals surface area contributed by atoms with Gasteiger partial charge in [0.05, 0.1) is 15.7 Å². The number of benzene rings is 2. The maximum atomic E-state index is 14.0. The monoisotopic (exact) mass is 327 g/mol. The summed E-state index contributed by atoms with van der Waals surface area (Å²) < 4.78 is 14.0. The number of para-hydroxylation sites is 1. The number of nitrogens with one attached hydrogen (secondary N) is 1. The molecule has 0 fully saturated rings. The molecular weight excluding hydrogens is 316 g/mol. The molecule has 7 heteroatoms. The molecule has 110 valence electrons. The Hall–Kier alpha value is -1.98. The Morgan fingerprint density at radius 1 is 1.24 bits per heavy atom. The van der Waals surface area contributed by atoms with Gasteiger partial charge in [-0.3, -0.25) is 0 Å². The van der Waals surface area contributed by atoms with Crippen LogP contribution in [0.15, 0.2) is 41.6 Å². The van der Waals surface area contributed by atoms with Gasteiger partial charge >= 0.3 is 0 Å². The van der Waals surface area contributed by atoms with Crippen molar-refractivity contribution >= 4 is 34.7 Å². The fourth-order valence-corrected chi connectivity index (χ4v) is 2.29. The zero-order valence-electron chi connectivity index (χ0n) is 10.8. The number of anilines is 1. The third-order valence-electron chi connectivity index (χ3n) is 2.87. The van der Waals surface area contributed by atoms with Crippen LogP contribution in [0.5, 0.6) is 0 Å². The van der Waals surface area contributed by atoms with E-state index in [4.69, 9.17) is 34.1 Å². The van der Waals surface area contributed by atoms with E-state index in [9.17, 15) is 4.39 Å². The number of nitrogens with two attached hydrogens (primary N) is 1. The van der Waals surface area contributed by atoms with Gasteiger partial charge in [0.15, 0.2) is 5.84 Å². The Labute approximate surface area is 131 Å². The van der Waals surface area contributed by atoms with Crippen LogP contribution in [0.2, 0.25) is 10.0 Å². The smallest absolute Gasteiger partial charge is 0.170 e. The minimum Gasteiger partial charge on any atom is -0.409 e. The van der Waals surface area contributed by atoms with E-state index in [1.807, 2.05) is 0 Å². The van der Waals surface area contributed by atoms with Gasteiger partial charge in [-0.2, -0.15) is 0 Å². The van der Waals surface area contributed by atoms with Gasteiger partial charge in [0, 0.05) is 17.7 Å². The fraction of sp³-hybridized carbons (Fsp3) is 0.0714. The van der Waals surface area contributed by atoms with Gasteiger partial charge in [-0.05, 0) is 18.2 Å². The van der Waals surface area contributed by atoms with E-state index in [0.717, 1.165) is 0 Å². The highest BCUT2D eigenvalue weighted by Crippen LogP contribution is 2.30. The second-order valence-corrected chi connectivity index (χ2v) is 5.06. The van der Waals surface area contributed by atoms with Crippen molar-refractivity contribution in [2.75, 3.05) is 5.32 Å². The maximum absolute atomic E-state index is 14.0. The molecule has 0 atom stereocenters. The summed E-state index contributed by atoms with van der Waals surface area (Å²) in [7, 11) is 0. The molecule has 0 saturated carbocycles. The minimum atomic E-state index is -0.477. The van der Waals surface area contributed by atoms with Crippen molar-refractivity contribution in [2.45, 2.75) is 6.54 Å². The Bertz CT molecular complexity index is 672. The highest BCUT2D eigenvalue weighted by Gasteiger charge is 2.09. The van der Waals surface area contributed by atoms with Gasteiger partial charge in [0.25, 0.3) is 0 Å². The Morgan fingerprint density at radius 2 is 1.90 bits per heavy atom. The lowest BCUT2D eigenvalue weighted by Gasteiger charge is -2.11. The molecule has 0 radical (unpaired) electrons. The van der Waals surface area contributed by atoms with Crippen molar-refractivity contribution in [2.24, 2.45) is 10.9 Å². The Kier molecular flexibility index (Phi) is 4.88. The van der Waals surface area contributed by atoms with E-state index in [0.29, 0.717) is 26.9 Å². The van der Waals surface area contributed by atoms with Gasteiger partial charge < -0.3 is 16.3 Å². The summed E-state index contributed by atoms with van der Waals surface area (Å²) in [6, 6.07) is 9.40. The van der Waals surface area contributed by atoms with Crippen molar-refractivity contribution in [1.82, 2.24) is 0 Å². The third kappa shape index (κ3) is 3.56. The second-order valence-electron chi connectivity index (χ2n) is 4.24. The first-order valence-corrected chi connectivity index (χ1v) is 6.72. The molecule has 0 bridgehead atoms. The minimum absolute atomic E-state index is 0.150. The highest BCUT2D eigenvalue weighted by molar-refractivity contribution is 6.39. The average molecular weight is 328 g/mol. The molecule has 4 nitrogen and oxygen atoms in total. The molecule has 0 unspecified atom stereocenters. The Balaban J connectivity index is 2.18. The number of hydrogen-bond acceptors (Lipinski definition) is 3. The molecule has 0 aliphatic heterocycles. The van der Waals surface area contributed by atoms with Crippen LogP contribution in [-0.2, 0) is 6.54 Å². The zero-order chi connectivity index (χ0) is 15.4. The molecule has 2 aromatic rings. The lowest BCUT2D eigenvalue weighted by atomic mass is 10.1. The van der Waals surface area contributed by atoms with Gasteiger partial charge in [-0.25, -0.2) is 4.39 Å². The van der Waals surface area contributed by atoms with Crippen LogP contribution in [0.4, 0.5) is 10.1 Å². The van der Waals surface area contributed by atoms with Crippen LogP contribution in [0.1, 0.15) is 11.1 Å². The largest absolute Gasteiger partial charge is 0.409 e. The summed E-state index contributed by atoms with van der Waals surface area (Å²) in [6.45, 7) is 0.200. The van der Waals surface area contributed by atoms with Crippen LogP contribution >= 0.6 is 23.2 Å². The SMILES string of the molecule is NC(=NO)c1ccc(CNc2c(Cl)cccc2Cl)c(F)c1. The van der Waals surface area contributed by atoms with Gasteiger partial charge in [-0.15, -0.1) is 0 Å². The molecule has 0 spiro atoms. The first-order valence-electron chi connectivity index (χ1n) is 5.97. The molecule has 4 N–H and O–H groups in total. The fourth-order valence-electron chi connectivity index (χ4n) is 1.76. The summed E-state index contributed by atoms with van der Waals surface area (Å²) in [5.74, 6) is -0.627. The van der Waals surface area contributed by atoms with E-state index in [-0.39, 0.29) is 12.4 Å². The number of hydrogen-bond donors (Lipinski definition) is 3. The van der Waals surface area contributed by atoms with E-state index in [1.54, 1.807) is 30.3 Å². The summed E-state index contributed by atoms with van der Waals surface area (Å²) >= 11 is 12.0. The van der Waals surface area contributed by atoms with Crippen LogP contribution in [0.25, 0.3) is 0 Å². The van der Waals surface area contributed by atoms with Gasteiger partial charge in [0.2, 0.25) is 0 Å². The number of oxime groups is 1. The number of rotatable bonds is 4. The zero-order valence-corrected chi connectivity index (χ0v) is 12.3. The number of halogens is 3. The van der Waals surface area contributed by atoms with Crippen LogP contribution < -0.4 is 11.1 Å². The van der Waals surface area contributed by atoms with Crippen molar-refractivity contribution in [3.8, 4) is 0 Å². The van der Waals surface area contributed by atoms with Crippen LogP contribution in [-0.4, -0.2) is 11.0 Å². The summed E-state index contributed by atoms with van der Waals surface area (Å²) in [6.07, 6.45) is 0. The second kappa shape index (κ2) is 6.65. The molecule has 0 aliphatic carbocycles. The van der Waals surface area contributed by atoms with E-state index in [1.165, 1.54) is 6.07 Å². The molecule has 0 saturated heterocycles. The molecule has 2 aromatic carbocycles. The molecular formula is C14H12Cl2FN3O. The van der Waals surface area contributed by atoms with E-state index in [2.05, 4.69) is 10.5 Å². The van der Waals surface area contributed by atoms with Gasteiger partial charge in [0.1, 0.15) is 5.82 Å². The maximum Gasteiger partial charge on any atom is 0.170 e. The summed E-state index contributed by atoms with van der Waals surface area (Å²) in [4.78, 5) is 0. The van der Waals surface area contributed by atoms with Crippen LogP contribution in [0.3, 0.4) is 0 Å². The van der Waals surface area contributed by atoms with Crippen molar-refractivity contribution in [1.29, 1.82) is 0 Å². The molecule has 0 amide bonds. The molecule has 0 aliphatic rings. The number of nitrogens with zero attached hydrogens (tertiary/aromatic N) is 1.